The van der Waals surface area contributed by atoms with E-state index in [0.717, 1.165) is 18.2 Å². The average Bonchev–Trinajstić information content (AvgIpc) is 2.51. The molecule has 0 saturated heterocycles. The highest BCUT2D eigenvalue weighted by Gasteiger charge is 2.54. The lowest BCUT2D eigenvalue weighted by Gasteiger charge is -2.51. The van der Waals surface area contributed by atoms with Crippen LogP contribution in [0.25, 0.3) is 0 Å². The van der Waals surface area contributed by atoms with E-state index in [2.05, 4.69) is 0 Å². The molecule has 0 aromatic rings. The molecule has 3 unspecified atom stereocenters. The van der Waals surface area contributed by atoms with Crippen LogP contribution in [0.4, 0.5) is 0 Å². The molecule has 9 heteroatoms. The lowest BCUT2D eigenvalue weighted by molar-refractivity contribution is -0.132. The largest absolute Gasteiger partial charge is 0.478 e. The molecule has 0 aromatic carbocycles. The van der Waals surface area contributed by atoms with Gasteiger partial charge >= 0.3 is 17.9 Å². The summed E-state index contributed by atoms with van der Waals surface area (Å²) >= 11 is 0. The van der Waals surface area contributed by atoms with Crippen LogP contribution in [0.5, 0.6) is 0 Å². The van der Waals surface area contributed by atoms with Crippen LogP contribution in [0.3, 0.4) is 0 Å². The molecule has 27 heavy (non-hydrogen) atoms. The summed E-state index contributed by atoms with van der Waals surface area (Å²) in [4.78, 5) is 33.2. The van der Waals surface area contributed by atoms with Crippen molar-refractivity contribution in [2.75, 3.05) is 0 Å². The zero-order valence-corrected chi connectivity index (χ0v) is 15.3. The second-order valence-electron chi connectivity index (χ2n) is 6.39. The molecule has 0 amide bonds. The van der Waals surface area contributed by atoms with E-state index in [9.17, 15) is 29.7 Å². The molecule has 0 fully saturated rings. The normalized spacial score (nSPS) is 20.2. The van der Waals surface area contributed by atoms with Crippen LogP contribution >= 0.6 is 0 Å². The van der Waals surface area contributed by atoms with Crippen LogP contribution < -0.4 is 0 Å². The number of aliphatic hydroxyl groups is 3. The molecule has 0 aliphatic carbocycles. The second-order valence-corrected chi connectivity index (χ2v) is 6.39. The van der Waals surface area contributed by atoms with Crippen molar-refractivity contribution in [3.63, 3.8) is 0 Å². The molecule has 0 aromatic heterocycles. The summed E-state index contributed by atoms with van der Waals surface area (Å²) in [6, 6.07) is 0. The molecule has 3 atom stereocenters. The first kappa shape index (κ1) is 24.5. The van der Waals surface area contributed by atoms with Crippen molar-refractivity contribution in [1.29, 1.82) is 0 Å². The van der Waals surface area contributed by atoms with E-state index in [1.54, 1.807) is 0 Å². The minimum atomic E-state index is -1.86. The van der Waals surface area contributed by atoms with Gasteiger partial charge in [-0.3, -0.25) is 0 Å². The first-order chi connectivity index (χ1) is 12.3. The van der Waals surface area contributed by atoms with E-state index < -0.39 is 47.0 Å². The van der Waals surface area contributed by atoms with Crippen LogP contribution in [0.15, 0.2) is 36.5 Å². The third-order valence-corrected chi connectivity index (χ3v) is 4.44. The predicted molar refractivity (Wildman–Crippen MR) is 94.9 cm³/mol. The molecule has 6 N–H and O–H groups in total. The topological polar surface area (TPSA) is 173 Å². The van der Waals surface area contributed by atoms with Gasteiger partial charge in [-0.1, -0.05) is 18.2 Å². The lowest BCUT2D eigenvalue weighted by Crippen LogP contribution is -2.55. The number of carboxylic acids is 3. The lowest BCUT2D eigenvalue weighted by atomic mass is 9.55. The standard InChI is InChI=1S/C18H26O9/c1-11(19)10-18(12(2)20,13(3)21)17(7-4-14(22)23,8-5-15(24)25)9-6-16(26)27/h4-9,11-13,19-21H,10H2,1-3H3,(H,22,23)(H,24,25)(H,26,27). The maximum atomic E-state index is 11.1. The van der Waals surface area contributed by atoms with Gasteiger partial charge in [0.25, 0.3) is 0 Å². The average molecular weight is 386 g/mol. The van der Waals surface area contributed by atoms with Crippen molar-refractivity contribution in [2.24, 2.45) is 10.8 Å². The SMILES string of the molecule is CC(O)CC(C(C)O)(C(C)O)C(C=CC(=O)O)(C=CC(=O)O)C=CC(=O)O. The highest BCUT2D eigenvalue weighted by molar-refractivity contribution is 5.82. The van der Waals surface area contributed by atoms with E-state index in [0.29, 0.717) is 18.2 Å². The second kappa shape index (κ2) is 10.0. The van der Waals surface area contributed by atoms with Crippen LogP contribution in [-0.4, -0.2) is 66.9 Å². The Kier molecular flexibility index (Phi) is 9.08. The van der Waals surface area contributed by atoms with Gasteiger partial charge in [0.1, 0.15) is 0 Å². The fourth-order valence-corrected chi connectivity index (χ4v) is 3.34. The highest BCUT2D eigenvalue weighted by atomic mass is 16.4. The van der Waals surface area contributed by atoms with Crippen molar-refractivity contribution in [1.82, 2.24) is 0 Å². The molecular weight excluding hydrogens is 360 g/mol. The Morgan fingerprint density at radius 3 is 1.22 bits per heavy atom. The van der Waals surface area contributed by atoms with Crippen LogP contribution in [0, 0.1) is 10.8 Å². The highest BCUT2D eigenvalue weighted by Crippen LogP contribution is 2.52. The third kappa shape index (κ3) is 6.31. The maximum absolute atomic E-state index is 11.1. The maximum Gasteiger partial charge on any atom is 0.328 e. The predicted octanol–water partition coefficient (Wildman–Crippen LogP) is 0.414. The zero-order valence-electron chi connectivity index (χ0n) is 15.3. The van der Waals surface area contributed by atoms with Crippen molar-refractivity contribution in [3.8, 4) is 0 Å². The molecular formula is C18H26O9. The van der Waals surface area contributed by atoms with Gasteiger partial charge < -0.3 is 30.6 Å². The van der Waals surface area contributed by atoms with Gasteiger partial charge in [0, 0.05) is 29.1 Å². The first-order valence-corrected chi connectivity index (χ1v) is 8.11. The number of allylic oxidation sites excluding steroid dienone is 3. The summed E-state index contributed by atoms with van der Waals surface area (Å²) in [6.07, 6.45) is 0.718. The van der Waals surface area contributed by atoms with Gasteiger partial charge in [-0.15, -0.1) is 0 Å². The molecule has 0 radical (unpaired) electrons. The Bertz CT molecular complexity index is 559. The van der Waals surface area contributed by atoms with Crippen molar-refractivity contribution in [3.05, 3.63) is 36.5 Å². The van der Waals surface area contributed by atoms with E-state index in [1.807, 2.05) is 0 Å². The minimum Gasteiger partial charge on any atom is -0.478 e. The summed E-state index contributed by atoms with van der Waals surface area (Å²) in [5.41, 5.74) is -3.60. The Balaban J connectivity index is 7.13. The van der Waals surface area contributed by atoms with E-state index in [1.165, 1.54) is 20.8 Å². The number of hydrogen-bond donors (Lipinski definition) is 6. The number of aliphatic hydroxyl groups excluding tert-OH is 3. The van der Waals surface area contributed by atoms with Crippen LogP contribution in [0.2, 0.25) is 0 Å². The molecule has 0 bridgehead atoms. The van der Waals surface area contributed by atoms with Gasteiger partial charge in [0.05, 0.1) is 18.3 Å². The van der Waals surface area contributed by atoms with Gasteiger partial charge in [-0.25, -0.2) is 14.4 Å². The van der Waals surface area contributed by atoms with Gasteiger partial charge in [-0.05, 0) is 27.2 Å². The van der Waals surface area contributed by atoms with Gasteiger partial charge in [-0.2, -0.15) is 0 Å². The van der Waals surface area contributed by atoms with Crippen LogP contribution in [0.1, 0.15) is 27.2 Å². The van der Waals surface area contributed by atoms with Crippen molar-refractivity contribution < 1.29 is 45.0 Å². The molecule has 0 saturated carbocycles. The first-order valence-electron chi connectivity index (χ1n) is 8.11. The Labute approximate surface area is 156 Å². The molecule has 0 spiro atoms. The Morgan fingerprint density at radius 2 is 1.04 bits per heavy atom. The fraction of sp³-hybridized carbons (Fsp3) is 0.500. The summed E-state index contributed by atoms with van der Waals surface area (Å²) in [5, 5.41) is 58.0. The third-order valence-electron chi connectivity index (χ3n) is 4.44. The summed E-state index contributed by atoms with van der Waals surface area (Å²) < 4.78 is 0. The summed E-state index contributed by atoms with van der Waals surface area (Å²) in [5.74, 6) is -4.23. The molecule has 0 heterocycles. The number of hydrogen-bond acceptors (Lipinski definition) is 6. The molecule has 0 aliphatic rings. The number of rotatable bonds is 11. The Morgan fingerprint density at radius 1 is 0.741 bits per heavy atom. The smallest absolute Gasteiger partial charge is 0.328 e. The van der Waals surface area contributed by atoms with Gasteiger partial charge in [0.2, 0.25) is 0 Å². The summed E-state index contributed by atoms with van der Waals surface area (Å²) in [7, 11) is 0. The van der Waals surface area contributed by atoms with Crippen molar-refractivity contribution >= 4 is 17.9 Å². The van der Waals surface area contributed by atoms with Gasteiger partial charge in [0.15, 0.2) is 0 Å². The molecule has 0 aliphatic heterocycles. The molecule has 9 nitrogen and oxygen atoms in total. The van der Waals surface area contributed by atoms with Crippen LogP contribution in [-0.2, 0) is 14.4 Å². The number of aliphatic carboxylic acids is 3. The summed E-state index contributed by atoms with van der Waals surface area (Å²) in [6.45, 7) is 3.93. The quantitative estimate of drug-likeness (QED) is 0.275. The van der Waals surface area contributed by atoms with E-state index in [4.69, 9.17) is 15.3 Å². The number of carbonyl (C=O) groups is 3. The van der Waals surface area contributed by atoms with Crippen molar-refractivity contribution in [2.45, 2.75) is 45.5 Å². The molecule has 152 valence electrons. The minimum absolute atomic E-state index is 0.291. The fourth-order valence-electron chi connectivity index (χ4n) is 3.34. The van der Waals surface area contributed by atoms with E-state index >= 15 is 0 Å². The number of carboxylic acid groups (broad SMARTS) is 3. The Hall–Kier alpha value is -2.49. The monoisotopic (exact) mass is 386 g/mol. The molecule has 0 rings (SSSR count). The van der Waals surface area contributed by atoms with E-state index in [-0.39, 0.29) is 6.42 Å². The zero-order chi connectivity index (χ0) is 21.4.